The molecule has 0 radical (unpaired) electrons. The molecule has 0 spiro atoms. The van der Waals surface area contributed by atoms with Gasteiger partial charge in [-0.25, -0.2) is 9.48 Å². The van der Waals surface area contributed by atoms with E-state index in [-0.39, 0.29) is 24.9 Å². The van der Waals surface area contributed by atoms with Gasteiger partial charge in [-0.1, -0.05) is 180 Å². The quantitative estimate of drug-likeness (QED) is 0.0185. The Labute approximate surface area is 384 Å². The number of carbonyl (C=O) groups is 1. The molecule has 66 heavy (non-hydrogen) atoms. The summed E-state index contributed by atoms with van der Waals surface area (Å²) >= 11 is 0. The van der Waals surface area contributed by atoms with Crippen LogP contribution in [0.5, 0.6) is 0 Å². The van der Waals surface area contributed by atoms with Crippen molar-refractivity contribution in [1.29, 1.82) is 0 Å². The van der Waals surface area contributed by atoms with Crippen LogP contribution in [0.4, 0.5) is 0 Å². The van der Waals surface area contributed by atoms with E-state index in [4.69, 9.17) is 23.9 Å². The number of hydrogen-bond acceptors (Lipinski definition) is 12. The van der Waals surface area contributed by atoms with E-state index in [0.29, 0.717) is 50.4 Å². The van der Waals surface area contributed by atoms with Gasteiger partial charge in [0.25, 0.3) is 5.09 Å². The normalized spacial score (nSPS) is 12.1. The van der Waals surface area contributed by atoms with E-state index in [1.54, 1.807) is 0 Å². The summed E-state index contributed by atoms with van der Waals surface area (Å²) in [4.78, 5) is 43.0. The molecular formula is C52H56N6O8. The third-order valence-electron chi connectivity index (χ3n) is 11.8. The van der Waals surface area contributed by atoms with Gasteiger partial charge in [0, 0.05) is 18.5 Å². The Bertz CT molecular complexity index is 2570. The fraction of sp³-hybridized carbons (Fsp3) is 0.327. The number of aromatic nitrogens is 4. The molecular weight excluding hydrogens is 837 g/mol. The van der Waals surface area contributed by atoms with Crippen molar-refractivity contribution in [3.05, 3.63) is 194 Å². The van der Waals surface area contributed by atoms with Gasteiger partial charge in [-0.05, 0) is 75.5 Å². The van der Waals surface area contributed by atoms with Crippen molar-refractivity contribution < 1.29 is 28.3 Å². The zero-order valence-corrected chi connectivity index (χ0v) is 37.7. The Morgan fingerprint density at radius 2 is 1.35 bits per heavy atom. The highest BCUT2D eigenvalue weighted by molar-refractivity contribution is 5.81. The number of hydrogen-bond donors (Lipinski definition) is 0. The summed E-state index contributed by atoms with van der Waals surface area (Å²) in [6.07, 6.45) is 4.93. The zero-order chi connectivity index (χ0) is 46.3. The van der Waals surface area contributed by atoms with Crippen LogP contribution in [0.3, 0.4) is 0 Å². The molecule has 2 aromatic heterocycles. The molecule has 0 aliphatic carbocycles. The predicted molar refractivity (Wildman–Crippen MR) is 249 cm³/mol. The average Bonchev–Trinajstić information content (AvgIpc) is 3.97. The Balaban J connectivity index is 1.14. The SMILES string of the molecule is CCCCCN(Cc1ccc(-c2ccccc2-c2nnnn2C(c2ccccc2)(c2ccccc2)c2ccccc2)cc1)C(C(=O)OCc1oc(=O)oc1CCCCCO[N+](=O)[O-])C(C)C. The molecule has 7 rings (SSSR count). The van der Waals surface area contributed by atoms with E-state index in [2.05, 4.69) is 94.7 Å². The molecule has 0 fully saturated rings. The van der Waals surface area contributed by atoms with Gasteiger partial charge in [0.2, 0.25) is 0 Å². The van der Waals surface area contributed by atoms with E-state index in [0.717, 1.165) is 58.2 Å². The van der Waals surface area contributed by atoms with Crippen LogP contribution in [0.2, 0.25) is 0 Å². The minimum absolute atomic E-state index is 0.0136. The third kappa shape index (κ3) is 11.0. The number of nitrogens with zero attached hydrogens (tertiary/aromatic N) is 6. The second-order valence-corrected chi connectivity index (χ2v) is 16.6. The van der Waals surface area contributed by atoms with Crippen LogP contribution in [-0.4, -0.2) is 55.4 Å². The van der Waals surface area contributed by atoms with E-state index >= 15 is 0 Å². The molecule has 0 bridgehead atoms. The molecule has 14 heteroatoms. The van der Waals surface area contributed by atoms with Crippen LogP contribution < -0.4 is 5.82 Å². The molecule has 0 saturated heterocycles. The molecule has 1 atom stereocenters. The molecule has 2 heterocycles. The van der Waals surface area contributed by atoms with Gasteiger partial charge in [-0.2, -0.15) is 0 Å². The zero-order valence-electron chi connectivity index (χ0n) is 37.7. The van der Waals surface area contributed by atoms with Crippen molar-refractivity contribution in [3.8, 4) is 22.5 Å². The minimum Gasteiger partial charge on any atom is -0.456 e. The first kappa shape index (κ1) is 46.8. The fourth-order valence-electron chi connectivity index (χ4n) is 8.73. The smallest absolute Gasteiger partial charge is 0.456 e. The molecule has 5 aromatic carbocycles. The lowest BCUT2D eigenvalue weighted by molar-refractivity contribution is -0.757. The Morgan fingerprint density at radius 1 is 0.758 bits per heavy atom. The number of esters is 1. The van der Waals surface area contributed by atoms with E-state index in [1.807, 2.05) is 85.3 Å². The number of benzene rings is 5. The lowest BCUT2D eigenvalue weighted by Crippen LogP contribution is -2.45. The predicted octanol–water partition coefficient (Wildman–Crippen LogP) is 10.1. The van der Waals surface area contributed by atoms with Crippen molar-refractivity contribution in [2.75, 3.05) is 13.2 Å². The number of unbranched alkanes of at least 4 members (excludes halogenated alkanes) is 4. The van der Waals surface area contributed by atoms with E-state index < -0.39 is 28.5 Å². The van der Waals surface area contributed by atoms with Crippen molar-refractivity contribution in [2.24, 2.45) is 5.92 Å². The minimum atomic E-state index is -0.914. The van der Waals surface area contributed by atoms with Gasteiger partial charge in [-0.3, -0.25) is 9.69 Å². The van der Waals surface area contributed by atoms with Gasteiger partial charge >= 0.3 is 11.8 Å². The first-order valence-corrected chi connectivity index (χ1v) is 22.6. The molecule has 14 nitrogen and oxygen atoms in total. The molecule has 1 unspecified atom stereocenters. The van der Waals surface area contributed by atoms with Crippen LogP contribution in [0.25, 0.3) is 22.5 Å². The van der Waals surface area contributed by atoms with Crippen molar-refractivity contribution in [2.45, 2.75) is 90.4 Å². The maximum atomic E-state index is 14.0. The molecule has 0 N–H and O–H groups in total. The molecule has 0 saturated carbocycles. The van der Waals surface area contributed by atoms with Crippen molar-refractivity contribution in [3.63, 3.8) is 0 Å². The highest BCUT2D eigenvalue weighted by Crippen LogP contribution is 2.43. The lowest BCUT2D eigenvalue weighted by Gasteiger charge is -2.36. The molecule has 0 aliphatic rings. The summed E-state index contributed by atoms with van der Waals surface area (Å²) in [7, 11) is 0. The number of ether oxygens (including phenoxy) is 1. The molecule has 0 aliphatic heterocycles. The van der Waals surface area contributed by atoms with Crippen molar-refractivity contribution >= 4 is 5.97 Å². The number of aryl methyl sites for hydroxylation is 1. The van der Waals surface area contributed by atoms with Gasteiger partial charge in [0.1, 0.15) is 11.6 Å². The van der Waals surface area contributed by atoms with Crippen molar-refractivity contribution in [1.82, 2.24) is 25.1 Å². The van der Waals surface area contributed by atoms with Gasteiger partial charge in [0.15, 0.2) is 24.0 Å². The third-order valence-corrected chi connectivity index (χ3v) is 11.8. The molecule has 7 aromatic rings. The summed E-state index contributed by atoms with van der Waals surface area (Å²) in [6.45, 7) is 7.06. The molecule has 0 amide bonds. The maximum Gasteiger partial charge on any atom is 0.519 e. The summed E-state index contributed by atoms with van der Waals surface area (Å²) in [5.41, 5.74) is 5.95. The second kappa shape index (κ2) is 22.6. The highest BCUT2D eigenvalue weighted by Gasteiger charge is 2.42. The van der Waals surface area contributed by atoms with Crippen LogP contribution in [0.1, 0.15) is 93.1 Å². The van der Waals surface area contributed by atoms with Gasteiger partial charge < -0.3 is 18.4 Å². The monoisotopic (exact) mass is 892 g/mol. The summed E-state index contributed by atoms with van der Waals surface area (Å²) in [5, 5.41) is 23.4. The summed E-state index contributed by atoms with van der Waals surface area (Å²) in [6, 6.07) is 47.0. The second-order valence-electron chi connectivity index (χ2n) is 16.6. The summed E-state index contributed by atoms with van der Waals surface area (Å²) in [5.74, 6) is -0.333. The Hall–Kier alpha value is -7.19. The average molecular weight is 893 g/mol. The Kier molecular flexibility index (Phi) is 16.0. The lowest BCUT2D eigenvalue weighted by atomic mass is 9.77. The summed E-state index contributed by atoms with van der Waals surface area (Å²) < 4.78 is 18.3. The van der Waals surface area contributed by atoms with Crippen LogP contribution >= 0.6 is 0 Å². The molecule has 342 valence electrons. The van der Waals surface area contributed by atoms with E-state index in [9.17, 15) is 19.7 Å². The number of carbonyl (C=O) groups excluding carboxylic acids is 1. The van der Waals surface area contributed by atoms with Crippen LogP contribution in [0.15, 0.2) is 153 Å². The number of rotatable bonds is 24. The number of tetrazole rings is 1. The van der Waals surface area contributed by atoms with E-state index in [1.165, 1.54) is 0 Å². The van der Waals surface area contributed by atoms with Gasteiger partial charge in [-0.15, -0.1) is 15.2 Å². The first-order chi connectivity index (χ1) is 32.2. The largest absolute Gasteiger partial charge is 0.519 e. The standard InChI is InChI=1S/C52H56N6O8/c1-4-5-19-34-56(48(38(2)3)50(59)63-37-47-46(65-51(60)66-47)29-16-9-20-35-64-58(61)62)36-39-30-32-40(33-31-39)44-27-17-18-28-45(44)49-53-54-55-57(49)52(41-21-10-6-11-22-41,42-23-12-7-13-24-42)43-25-14-8-15-26-43/h6-8,10-15,17-18,21-28,30-33,38,48H,4-5,9,16,19-20,29,34-37H2,1-3H3. The topological polar surface area (TPSA) is 169 Å². The fourth-order valence-corrected chi connectivity index (χ4v) is 8.73. The highest BCUT2D eigenvalue weighted by atomic mass is 16.9. The van der Waals surface area contributed by atoms with Crippen LogP contribution in [-0.2, 0) is 39.5 Å². The van der Waals surface area contributed by atoms with Gasteiger partial charge in [0.05, 0.1) is 6.61 Å². The van der Waals surface area contributed by atoms with Crippen LogP contribution in [0, 0.1) is 16.0 Å². The Morgan fingerprint density at radius 3 is 1.94 bits per heavy atom. The first-order valence-electron chi connectivity index (χ1n) is 22.6. The maximum absolute atomic E-state index is 14.0.